The lowest BCUT2D eigenvalue weighted by Gasteiger charge is -2.09. The Bertz CT molecular complexity index is 314. The van der Waals surface area contributed by atoms with Crippen LogP contribution in [0.1, 0.15) is 23.6 Å². The highest BCUT2D eigenvalue weighted by Crippen LogP contribution is 2.21. The lowest BCUT2D eigenvalue weighted by atomic mass is 10.0. The first-order valence-corrected chi connectivity index (χ1v) is 4.42. The zero-order valence-corrected chi connectivity index (χ0v) is 8.77. The molecule has 13 heavy (non-hydrogen) atoms. The molecule has 0 unspecified atom stereocenters. The third kappa shape index (κ3) is 2.35. The van der Waals surface area contributed by atoms with Crippen molar-refractivity contribution in [2.24, 2.45) is 0 Å². The molecule has 0 amide bonds. The summed E-state index contributed by atoms with van der Waals surface area (Å²) in [4.78, 5) is 0. The zero-order chi connectivity index (χ0) is 10.0. The van der Waals surface area contributed by atoms with E-state index in [1.54, 1.807) is 0 Å². The van der Waals surface area contributed by atoms with Crippen molar-refractivity contribution in [3.63, 3.8) is 0 Å². The van der Waals surface area contributed by atoms with E-state index in [9.17, 15) is 0 Å². The van der Waals surface area contributed by atoms with E-state index in [0.717, 1.165) is 11.5 Å². The normalized spacial score (nSPS) is 9.85. The van der Waals surface area contributed by atoms with Gasteiger partial charge >= 0.3 is 0 Å². The van der Waals surface area contributed by atoms with Gasteiger partial charge < -0.3 is 4.74 Å². The summed E-state index contributed by atoms with van der Waals surface area (Å²) in [5, 5.41) is 0. The molecule has 0 atom stereocenters. The minimum Gasteiger partial charge on any atom is -0.463 e. The molecule has 0 aliphatic rings. The first kappa shape index (κ1) is 9.85. The molecule has 1 aromatic carbocycles. The first-order valence-electron chi connectivity index (χ1n) is 4.42. The second-order valence-corrected chi connectivity index (χ2v) is 3.49. The van der Waals surface area contributed by atoms with Gasteiger partial charge in [0.15, 0.2) is 0 Å². The molecule has 1 rings (SSSR count). The minimum absolute atomic E-state index is 0.725. The zero-order valence-electron chi connectivity index (χ0n) is 8.77. The monoisotopic (exact) mass is 176 g/mol. The van der Waals surface area contributed by atoms with E-state index in [2.05, 4.69) is 27.4 Å². The van der Waals surface area contributed by atoms with Crippen LogP contribution in [-0.2, 0) is 0 Å². The van der Waals surface area contributed by atoms with Crippen molar-refractivity contribution >= 4 is 0 Å². The molecule has 0 fully saturated rings. The maximum atomic E-state index is 5.44. The Labute approximate surface area is 80.0 Å². The summed E-state index contributed by atoms with van der Waals surface area (Å²) in [5.41, 5.74) is 3.85. The van der Waals surface area contributed by atoms with E-state index in [4.69, 9.17) is 4.74 Å². The van der Waals surface area contributed by atoms with Gasteiger partial charge in [-0.2, -0.15) is 0 Å². The van der Waals surface area contributed by atoms with E-state index >= 15 is 0 Å². The van der Waals surface area contributed by atoms with Gasteiger partial charge in [0, 0.05) is 0 Å². The van der Waals surface area contributed by atoms with Crippen molar-refractivity contribution in [2.75, 3.05) is 0 Å². The molecule has 1 nitrogen and oxygen atoms in total. The predicted molar refractivity (Wildman–Crippen MR) is 56.1 cm³/mol. The standard InChI is InChI=1S/C12H16O/c1-8(2)13-12-6-9(3)11(5)10(4)7-12/h6-7H,1H2,2-5H3. The highest BCUT2D eigenvalue weighted by molar-refractivity contribution is 5.40. The number of hydrogen-bond acceptors (Lipinski definition) is 1. The highest BCUT2D eigenvalue weighted by atomic mass is 16.5. The molecule has 0 radical (unpaired) electrons. The molecule has 0 bridgehead atoms. The van der Waals surface area contributed by atoms with Gasteiger partial charge in [0.05, 0.1) is 5.76 Å². The molecule has 1 heteroatoms. The summed E-state index contributed by atoms with van der Waals surface area (Å²) in [7, 11) is 0. The van der Waals surface area contributed by atoms with Crippen molar-refractivity contribution in [3.8, 4) is 5.75 Å². The topological polar surface area (TPSA) is 9.23 Å². The molecular weight excluding hydrogens is 160 g/mol. The fraction of sp³-hybridized carbons (Fsp3) is 0.333. The SMILES string of the molecule is C=C(C)Oc1cc(C)c(C)c(C)c1. The number of rotatable bonds is 2. The second kappa shape index (κ2) is 3.65. The molecule has 0 aliphatic carbocycles. The van der Waals surface area contributed by atoms with Crippen molar-refractivity contribution in [2.45, 2.75) is 27.7 Å². The predicted octanol–water partition coefficient (Wildman–Crippen LogP) is 3.52. The van der Waals surface area contributed by atoms with Gasteiger partial charge in [0.25, 0.3) is 0 Å². The van der Waals surface area contributed by atoms with Crippen LogP contribution >= 0.6 is 0 Å². The van der Waals surface area contributed by atoms with Crippen molar-refractivity contribution in [1.29, 1.82) is 0 Å². The number of allylic oxidation sites excluding steroid dienone is 1. The lowest BCUT2D eigenvalue weighted by molar-refractivity contribution is 0.430. The van der Waals surface area contributed by atoms with E-state index in [0.29, 0.717) is 0 Å². The maximum Gasteiger partial charge on any atom is 0.127 e. The Balaban J connectivity index is 3.06. The number of hydrogen-bond donors (Lipinski definition) is 0. The van der Waals surface area contributed by atoms with Gasteiger partial charge in [-0.25, -0.2) is 0 Å². The van der Waals surface area contributed by atoms with Crippen LogP contribution < -0.4 is 4.74 Å². The molecular formula is C12H16O. The molecule has 0 saturated carbocycles. The van der Waals surface area contributed by atoms with Crippen LogP contribution in [0, 0.1) is 20.8 Å². The Kier molecular flexibility index (Phi) is 2.76. The molecule has 0 N–H and O–H groups in total. The van der Waals surface area contributed by atoms with Gasteiger partial charge in [0.2, 0.25) is 0 Å². The summed E-state index contributed by atoms with van der Waals surface area (Å²) in [6.07, 6.45) is 0. The first-order chi connectivity index (χ1) is 6.00. The van der Waals surface area contributed by atoms with Crippen molar-refractivity contribution in [1.82, 2.24) is 0 Å². The summed E-state index contributed by atoms with van der Waals surface area (Å²) < 4.78 is 5.44. The fourth-order valence-electron chi connectivity index (χ4n) is 1.26. The van der Waals surface area contributed by atoms with Gasteiger partial charge in [0.1, 0.15) is 5.75 Å². The number of ether oxygens (including phenoxy) is 1. The maximum absolute atomic E-state index is 5.44. The van der Waals surface area contributed by atoms with E-state index in [1.807, 2.05) is 19.1 Å². The van der Waals surface area contributed by atoms with Gasteiger partial charge in [-0.1, -0.05) is 6.58 Å². The van der Waals surface area contributed by atoms with Crippen LogP contribution in [-0.4, -0.2) is 0 Å². The number of aryl methyl sites for hydroxylation is 2. The molecule has 0 spiro atoms. The van der Waals surface area contributed by atoms with E-state index < -0.39 is 0 Å². The van der Waals surface area contributed by atoms with Crippen LogP contribution in [0.15, 0.2) is 24.5 Å². The van der Waals surface area contributed by atoms with Crippen molar-refractivity contribution < 1.29 is 4.74 Å². The van der Waals surface area contributed by atoms with E-state index in [-0.39, 0.29) is 0 Å². The smallest absolute Gasteiger partial charge is 0.127 e. The third-order valence-corrected chi connectivity index (χ3v) is 2.19. The Morgan fingerprint density at radius 1 is 1.15 bits per heavy atom. The Morgan fingerprint density at radius 3 is 2.00 bits per heavy atom. The Morgan fingerprint density at radius 2 is 1.62 bits per heavy atom. The Hall–Kier alpha value is -1.24. The lowest BCUT2D eigenvalue weighted by Crippen LogP contribution is -1.92. The summed E-state index contributed by atoms with van der Waals surface area (Å²) >= 11 is 0. The quantitative estimate of drug-likeness (QED) is 0.626. The minimum atomic E-state index is 0.725. The molecule has 0 aromatic heterocycles. The highest BCUT2D eigenvalue weighted by Gasteiger charge is 2.01. The van der Waals surface area contributed by atoms with Crippen LogP contribution in [0.3, 0.4) is 0 Å². The average molecular weight is 176 g/mol. The van der Waals surface area contributed by atoms with Gasteiger partial charge in [-0.3, -0.25) is 0 Å². The van der Waals surface area contributed by atoms with E-state index in [1.165, 1.54) is 16.7 Å². The van der Waals surface area contributed by atoms with Crippen LogP contribution in [0.5, 0.6) is 5.75 Å². The van der Waals surface area contributed by atoms with Gasteiger partial charge in [-0.05, 0) is 56.5 Å². The summed E-state index contributed by atoms with van der Waals surface area (Å²) in [6.45, 7) is 11.9. The number of benzene rings is 1. The fourth-order valence-corrected chi connectivity index (χ4v) is 1.26. The molecule has 1 aromatic rings. The van der Waals surface area contributed by atoms with Crippen molar-refractivity contribution in [3.05, 3.63) is 41.2 Å². The van der Waals surface area contributed by atoms with Gasteiger partial charge in [-0.15, -0.1) is 0 Å². The summed E-state index contributed by atoms with van der Waals surface area (Å²) in [5.74, 6) is 1.61. The second-order valence-electron chi connectivity index (χ2n) is 3.49. The molecule has 70 valence electrons. The van der Waals surface area contributed by atoms with Crippen LogP contribution in [0.25, 0.3) is 0 Å². The average Bonchev–Trinajstić information content (AvgIpc) is 1.98. The van der Waals surface area contributed by atoms with Crippen LogP contribution in [0.4, 0.5) is 0 Å². The summed E-state index contributed by atoms with van der Waals surface area (Å²) in [6, 6.07) is 4.08. The van der Waals surface area contributed by atoms with Crippen LogP contribution in [0.2, 0.25) is 0 Å². The molecule has 0 aliphatic heterocycles. The third-order valence-electron chi connectivity index (χ3n) is 2.19. The molecule has 0 heterocycles. The largest absolute Gasteiger partial charge is 0.463 e. The molecule has 0 saturated heterocycles.